The number of ketones is 1. The largest absolute Gasteiger partial charge is 0.466 e. The van der Waals surface area contributed by atoms with Crippen molar-refractivity contribution >= 4 is 11.8 Å². The van der Waals surface area contributed by atoms with Crippen LogP contribution in [0.25, 0.3) is 0 Å². The Bertz CT molecular complexity index is 253. The predicted molar refractivity (Wildman–Crippen MR) is 71.5 cm³/mol. The van der Waals surface area contributed by atoms with Gasteiger partial charge in [0.1, 0.15) is 5.78 Å². The maximum Gasteiger partial charge on any atom is 0.307 e. The molecule has 1 atom stereocenters. The van der Waals surface area contributed by atoms with Crippen molar-refractivity contribution < 1.29 is 14.3 Å². The first kappa shape index (κ1) is 17.1. The Hall–Kier alpha value is -0.940. The molecule has 1 unspecified atom stereocenters. The van der Waals surface area contributed by atoms with E-state index in [0.717, 1.165) is 19.6 Å². The van der Waals surface area contributed by atoms with Crippen molar-refractivity contribution in [2.75, 3.05) is 32.8 Å². The molecular weight excluding hydrogens is 232 g/mol. The number of rotatable bonds is 10. The molecule has 0 aliphatic rings. The Kier molecular flexibility index (Phi) is 9.50. The molecule has 0 aromatic carbocycles. The van der Waals surface area contributed by atoms with Gasteiger partial charge in [-0.05, 0) is 26.9 Å². The van der Waals surface area contributed by atoms with Crippen molar-refractivity contribution in [2.24, 2.45) is 0 Å². The topological polar surface area (TPSA) is 58.6 Å². The van der Waals surface area contributed by atoms with Crippen LogP contribution in [0.5, 0.6) is 0 Å². The number of carbonyl (C=O) groups is 2. The summed E-state index contributed by atoms with van der Waals surface area (Å²) in [6.45, 7) is 11.4. The maximum atomic E-state index is 11.4. The Morgan fingerprint density at radius 3 is 2.28 bits per heavy atom. The third kappa shape index (κ3) is 7.40. The predicted octanol–water partition coefficient (Wildman–Crippen LogP) is 0.829. The van der Waals surface area contributed by atoms with E-state index >= 15 is 0 Å². The average Bonchev–Trinajstić information content (AvgIpc) is 2.33. The van der Waals surface area contributed by atoms with Gasteiger partial charge in [-0.25, -0.2) is 0 Å². The second-order valence-corrected chi connectivity index (χ2v) is 4.15. The van der Waals surface area contributed by atoms with Crippen molar-refractivity contribution in [3.05, 3.63) is 0 Å². The number of likely N-dealkylation sites (N-methyl/N-ethyl adjacent to an activating group) is 1. The van der Waals surface area contributed by atoms with Crippen LogP contribution >= 0.6 is 0 Å². The number of nitrogens with zero attached hydrogens (tertiary/aromatic N) is 1. The lowest BCUT2D eigenvalue weighted by atomic mass is 10.1. The van der Waals surface area contributed by atoms with E-state index in [1.165, 1.54) is 6.92 Å². The summed E-state index contributed by atoms with van der Waals surface area (Å²) in [5.41, 5.74) is 0. The summed E-state index contributed by atoms with van der Waals surface area (Å²) in [5.74, 6) is -0.351. The highest BCUT2D eigenvalue weighted by Crippen LogP contribution is 1.97. The summed E-state index contributed by atoms with van der Waals surface area (Å²) in [7, 11) is 0. The van der Waals surface area contributed by atoms with Gasteiger partial charge in [-0.1, -0.05) is 13.8 Å². The van der Waals surface area contributed by atoms with E-state index in [2.05, 4.69) is 24.1 Å². The summed E-state index contributed by atoms with van der Waals surface area (Å²) in [6, 6.07) is -0.431. The van der Waals surface area contributed by atoms with Crippen LogP contribution in [0.4, 0.5) is 0 Å². The molecule has 5 heteroatoms. The van der Waals surface area contributed by atoms with E-state index in [4.69, 9.17) is 4.74 Å². The summed E-state index contributed by atoms with van der Waals surface area (Å²) in [4.78, 5) is 25.0. The minimum absolute atomic E-state index is 0.0254. The standard InChI is InChI=1S/C13H26N2O3/c1-5-15(6-2)9-8-14-12(11(4)16)10-13(17)18-7-3/h12,14H,5-10H2,1-4H3. The molecule has 0 bridgehead atoms. The molecule has 0 heterocycles. The van der Waals surface area contributed by atoms with Crippen molar-refractivity contribution in [3.8, 4) is 0 Å². The molecule has 0 rings (SSSR count). The molecule has 0 radical (unpaired) electrons. The van der Waals surface area contributed by atoms with E-state index in [1.54, 1.807) is 6.92 Å². The van der Waals surface area contributed by atoms with Crippen molar-refractivity contribution in [2.45, 2.75) is 40.2 Å². The van der Waals surface area contributed by atoms with E-state index in [-0.39, 0.29) is 18.2 Å². The number of ether oxygens (including phenoxy) is 1. The first-order valence-electron chi connectivity index (χ1n) is 6.66. The van der Waals surface area contributed by atoms with E-state index in [0.29, 0.717) is 13.2 Å². The quantitative estimate of drug-likeness (QED) is 0.588. The highest BCUT2D eigenvalue weighted by Gasteiger charge is 2.18. The summed E-state index contributed by atoms with van der Waals surface area (Å²) in [5, 5.41) is 3.12. The Morgan fingerprint density at radius 2 is 1.83 bits per heavy atom. The van der Waals surface area contributed by atoms with Gasteiger partial charge < -0.3 is 15.0 Å². The zero-order valence-electron chi connectivity index (χ0n) is 12.0. The molecule has 5 nitrogen and oxygen atoms in total. The van der Waals surface area contributed by atoms with Crippen LogP contribution in [0.1, 0.15) is 34.1 Å². The van der Waals surface area contributed by atoms with Crippen LogP contribution in [0.2, 0.25) is 0 Å². The normalized spacial score (nSPS) is 12.5. The van der Waals surface area contributed by atoms with Crippen LogP contribution in [-0.4, -0.2) is 55.5 Å². The summed E-state index contributed by atoms with van der Waals surface area (Å²) in [6.07, 6.45) is 0.113. The van der Waals surface area contributed by atoms with E-state index in [1.807, 2.05) is 0 Å². The van der Waals surface area contributed by atoms with Gasteiger partial charge in [0.2, 0.25) is 0 Å². The van der Waals surface area contributed by atoms with Gasteiger partial charge in [0, 0.05) is 13.1 Å². The molecule has 0 amide bonds. The highest BCUT2D eigenvalue weighted by molar-refractivity contribution is 5.86. The highest BCUT2D eigenvalue weighted by atomic mass is 16.5. The minimum atomic E-state index is -0.431. The third-order valence-corrected chi connectivity index (χ3v) is 2.88. The van der Waals surface area contributed by atoms with Gasteiger partial charge in [0.25, 0.3) is 0 Å². The Morgan fingerprint density at radius 1 is 1.22 bits per heavy atom. The lowest BCUT2D eigenvalue weighted by Crippen LogP contribution is -2.42. The number of nitrogens with one attached hydrogen (secondary N) is 1. The lowest BCUT2D eigenvalue weighted by molar-refractivity contribution is -0.145. The smallest absolute Gasteiger partial charge is 0.307 e. The SMILES string of the molecule is CCOC(=O)CC(NCCN(CC)CC)C(C)=O. The zero-order valence-corrected chi connectivity index (χ0v) is 12.0. The summed E-state index contributed by atoms with van der Waals surface area (Å²) < 4.78 is 4.85. The number of carbonyl (C=O) groups excluding carboxylic acids is 2. The molecule has 18 heavy (non-hydrogen) atoms. The van der Waals surface area contributed by atoms with Crippen LogP contribution in [0, 0.1) is 0 Å². The Labute approximate surface area is 110 Å². The Balaban J connectivity index is 4.05. The number of Topliss-reactive ketones (excluding diaryl/α,β-unsaturated/α-hetero) is 1. The molecule has 0 aliphatic carbocycles. The van der Waals surface area contributed by atoms with Gasteiger partial charge in [0.15, 0.2) is 0 Å². The molecule has 0 spiro atoms. The van der Waals surface area contributed by atoms with Crippen LogP contribution in [0.3, 0.4) is 0 Å². The average molecular weight is 258 g/mol. The molecule has 106 valence electrons. The molecule has 0 aliphatic heterocycles. The molecule has 0 fully saturated rings. The van der Waals surface area contributed by atoms with Gasteiger partial charge in [0.05, 0.1) is 19.1 Å². The fraction of sp³-hybridized carbons (Fsp3) is 0.846. The second-order valence-electron chi connectivity index (χ2n) is 4.15. The molecule has 0 aromatic heterocycles. The molecular formula is C13H26N2O3. The van der Waals surface area contributed by atoms with E-state index in [9.17, 15) is 9.59 Å². The molecule has 0 saturated heterocycles. The van der Waals surface area contributed by atoms with Crippen LogP contribution in [0.15, 0.2) is 0 Å². The van der Waals surface area contributed by atoms with Crippen LogP contribution in [-0.2, 0) is 14.3 Å². The zero-order chi connectivity index (χ0) is 14.0. The minimum Gasteiger partial charge on any atom is -0.466 e. The first-order valence-corrected chi connectivity index (χ1v) is 6.66. The van der Waals surface area contributed by atoms with Crippen LogP contribution < -0.4 is 5.32 Å². The number of esters is 1. The number of hydrogen-bond acceptors (Lipinski definition) is 5. The first-order chi connectivity index (χ1) is 8.54. The van der Waals surface area contributed by atoms with E-state index < -0.39 is 6.04 Å². The maximum absolute atomic E-state index is 11.4. The second kappa shape index (κ2) is 10.0. The van der Waals surface area contributed by atoms with Crippen molar-refractivity contribution in [3.63, 3.8) is 0 Å². The fourth-order valence-electron chi connectivity index (χ4n) is 1.68. The third-order valence-electron chi connectivity index (χ3n) is 2.88. The van der Waals surface area contributed by atoms with Gasteiger partial charge in [-0.3, -0.25) is 9.59 Å². The van der Waals surface area contributed by atoms with Crippen molar-refractivity contribution in [1.82, 2.24) is 10.2 Å². The molecule has 0 aromatic rings. The number of hydrogen-bond donors (Lipinski definition) is 1. The molecule has 0 saturated carbocycles. The molecule has 1 N–H and O–H groups in total. The van der Waals surface area contributed by atoms with Crippen molar-refractivity contribution in [1.29, 1.82) is 0 Å². The van der Waals surface area contributed by atoms with Gasteiger partial charge in [-0.2, -0.15) is 0 Å². The fourth-order valence-corrected chi connectivity index (χ4v) is 1.68. The van der Waals surface area contributed by atoms with Gasteiger partial charge >= 0.3 is 5.97 Å². The monoisotopic (exact) mass is 258 g/mol. The van der Waals surface area contributed by atoms with Gasteiger partial charge in [-0.15, -0.1) is 0 Å². The lowest BCUT2D eigenvalue weighted by Gasteiger charge is -2.20. The summed E-state index contributed by atoms with van der Waals surface area (Å²) >= 11 is 0.